The molecule has 2 aromatic carbocycles. The maximum Gasteiger partial charge on any atom is 0.429 e. The topological polar surface area (TPSA) is 103 Å². The SMILES string of the molecule is CC(C)(C)OC(=O)N1CCC(NC(=O)Nc2ccc(C(=O)N3CCN(Cc4ccc(C(O[Si](C)(C)C(C)(C)C)(C(F)(F)F)C(F)(F)F)cc4)CC3)cc2F)C1. The summed E-state index contributed by atoms with van der Waals surface area (Å²) in [5.74, 6) is -1.29. The van der Waals surface area contributed by atoms with E-state index in [4.69, 9.17) is 9.16 Å². The summed E-state index contributed by atoms with van der Waals surface area (Å²) in [6.45, 7) is 14.6. The zero-order chi connectivity index (χ0) is 41.4. The summed E-state index contributed by atoms with van der Waals surface area (Å²) in [7, 11) is -3.59. The molecule has 2 N–H and O–H groups in total. The lowest BCUT2D eigenvalue weighted by molar-refractivity contribution is -0.369. The second-order valence-electron chi connectivity index (χ2n) is 16.5. The van der Waals surface area contributed by atoms with Crippen LogP contribution in [0.4, 0.5) is 46.0 Å². The van der Waals surface area contributed by atoms with E-state index in [0.717, 1.165) is 18.2 Å². The van der Waals surface area contributed by atoms with Gasteiger partial charge in [0.1, 0.15) is 11.4 Å². The number of likely N-dealkylation sites (tertiary alicyclic amines) is 1. The van der Waals surface area contributed by atoms with Gasteiger partial charge in [0.05, 0.1) is 5.69 Å². The molecule has 2 saturated heterocycles. The Hall–Kier alpha value is -3.90. The van der Waals surface area contributed by atoms with Crippen molar-refractivity contribution < 1.29 is 54.3 Å². The normalized spacial score (nSPS) is 18.0. The molecular weight excluding hydrogens is 756 g/mol. The summed E-state index contributed by atoms with van der Waals surface area (Å²) < 4.78 is 113. The Bertz CT molecular complexity index is 1690. The second kappa shape index (κ2) is 15.9. The van der Waals surface area contributed by atoms with E-state index >= 15 is 4.39 Å². The number of benzene rings is 2. The van der Waals surface area contributed by atoms with E-state index in [9.17, 15) is 40.7 Å². The zero-order valence-electron chi connectivity index (χ0n) is 32.3. The fourth-order valence-corrected chi connectivity index (χ4v) is 7.48. The number of rotatable bonds is 8. The molecule has 2 fully saturated rings. The minimum atomic E-state index is -5.79. The van der Waals surface area contributed by atoms with Crippen molar-refractivity contribution in [3.05, 3.63) is 65.0 Å². The van der Waals surface area contributed by atoms with Crippen LogP contribution in [0.15, 0.2) is 42.5 Å². The van der Waals surface area contributed by atoms with Gasteiger partial charge in [0, 0.05) is 63.0 Å². The molecule has 0 radical (unpaired) electrons. The van der Waals surface area contributed by atoms with Crippen molar-refractivity contribution in [2.75, 3.05) is 44.6 Å². The minimum Gasteiger partial charge on any atom is -0.444 e. The summed E-state index contributed by atoms with van der Waals surface area (Å²) in [4.78, 5) is 43.0. The molecule has 2 aliphatic heterocycles. The van der Waals surface area contributed by atoms with Crippen LogP contribution in [0.25, 0.3) is 0 Å². The highest BCUT2D eigenvalue weighted by molar-refractivity contribution is 6.74. The predicted molar refractivity (Wildman–Crippen MR) is 194 cm³/mol. The van der Waals surface area contributed by atoms with E-state index in [1.54, 1.807) is 41.5 Å². The number of carbonyl (C=O) groups is 3. The molecule has 2 aliphatic rings. The summed E-state index contributed by atoms with van der Waals surface area (Å²) in [6, 6.07) is 6.69. The maximum atomic E-state index is 15.0. The number of piperazine rings is 1. The van der Waals surface area contributed by atoms with Crippen LogP contribution in [-0.4, -0.2) is 104 Å². The van der Waals surface area contributed by atoms with Crippen LogP contribution in [0.1, 0.15) is 69.4 Å². The van der Waals surface area contributed by atoms with E-state index in [1.807, 2.05) is 4.90 Å². The van der Waals surface area contributed by atoms with Crippen LogP contribution < -0.4 is 10.6 Å². The van der Waals surface area contributed by atoms with E-state index in [2.05, 4.69) is 10.6 Å². The van der Waals surface area contributed by atoms with Crippen molar-refractivity contribution >= 4 is 32.0 Å². The lowest BCUT2D eigenvalue weighted by Gasteiger charge is -2.46. The molecule has 0 spiro atoms. The Labute approximate surface area is 317 Å². The van der Waals surface area contributed by atoms with Crippen LogP contribution in [0.3, 0.4) is 0 Å². The van der Waals surface area contributed by atoms with E-state index in [1.165, 1.54) is 47.2 Å². The van der Waals surface area contributed by atoms with Gasteiger partial charge in [0.25, 0.3) is 11.5 Å². The second-order valence-corrected chi connectivity index (χ2v) is 21.2. The fourth-order valence-electron chi connectivity index (χ4n) is 6.06. The van der Waals surface area contributed by atoms with Gasteiger partial charge in [-0.2, -0.15) is 26.3 Å². The van der Waals surface area contributed by atoms with Crippen molar-refractivity contribution in [3.8, 4) is 0 Å². The van der Waals surface area contributed by atoms with Gasteiger partial charge in [-0.1, -0.05) is 45.0 Å². The molecule has 18 heteroatoms. The number of carbonyl (C=O) groups excluding carboxylic acids is 3. The number of halogens is 7. The molecule has 2 heterocycles. The van der Waals surface area contributed by atoms with E-state index in [-0.39, 0.29) is 43.5 Å². The predicted octanol–water partition coefficient (Wildman–Crippen LogP) is 8.26. The molecule has 0 aliphatic carbocycles. The third-order valence-electron chi connectivity index (χ3n) is 10.1. The molecule has 0 bridgehead atoms. The molecule has 2 aromatic rings. The maximum absolute atomic E-state index is 15.0. The number of ether oxygens (including phenoxy) is 1. The number of nitrogens with one attached hydrogen (secondary N) is 2. The van der Waals surface area contributed by atoms with Gasteiger partial charge in [0.2, 0.25) is 0 Å². The van der Waals surface area contributed by atoms with Crippen molar-refractivity contribution in [1.82, 2.24) is 20.0 Å². The van der Waals surface area contributed by atoms with Crippen molar-refractivity contribution in [2.24, 2.45) is 0 Å². The Kier molecular flexibility index (Phi) is 12.7. The van der Waals surface area contributed by atoms with Crippen LogP contribution in [0.5, 0.6) is 0 Å². The summed E-state index contributed by atoms with van der Waals surface area (Å²) in [5, 5.41) is 4.20. The fraction of sp³-hybridized carbons (Fsp3) is 0.595. The number of anilines is 1. The first kappa shape index (κ1) is 43.8. The smallest absolute Gasteiger partial charge is 0.429 e. The first-order valence-corrected chi connectivity index (χ1v) is 20.8. The largest absolute Gasteiger partial charge is 0.444 e. The van der Waals surface area contributed by atoms with Crippen molar-refractivity contribution in [2.45, 2.75) is 102 Å². The summed E-state index contributed by atoms with van der Waals surface area (Å²) in [6.07, 6.45) is -11.6. The first-order chi connectivity index (χ1) is 25.1. The van der Waals surface area contributed by atoms with Gasteiger partial charge < -0.3 is 29.6 Å². The molecular formula is C37H50F7N5O5Si. The number of nitrogens with zero attached hydrogens (tertiary/aromatic N) is 3. The highest BCUT2D eigenvalue weighted by Crippen LogP contribution is 2.56. The van der Waals surface area contributed by atoms with Gasteiger partial charge in [-0.25, -0.2) is 14.0 Å². The van der Waals surface area contributed by atoms with Gasteiger partial charge in [0.15, 0.2) is 8.32 Å². The molecule has 1 atom stereocenters. The average molecular weight is 806 g/mol. The van der Waals surface area contributed by atoms with E-state index < -0.39 is 66.3 Å². The lowest BCUT2D eigenvalue weighted by atomic mass is 9.91. The highest BCUT2D eigenvalue weighted by Gasteiger charge is 2.75. The van der Waals surface area contributed by atoms with Gasteiger partial charge in [-0.3, -0.25) is 9.69 Å². The molecule has 10 nitrogen and oxygen atoms in total. The third kappa shape index (κ3) is 10.3. The van der Waals surface area contributed by atoms with Crippen LogP contribution >= 0.6 is 0 Å². The number of amides is 4. The Morgan fingerprint density at radius 1 is 0.818 bits per heavy atom. The minimum absolute atomic E-state index is 0.0500. The lowest BCUT2D eigenvalue weighted by Crippen LogP contribution is -2.62. The molecule has 0 aromatic heterocycles. The third-order valence-corrected chi connectivity index (χ3v) is 14.5. The van der Waals surface area contributed by atoms with E-state index in [0.29, 0.717) is 31.6 Å². The Balaban J connectivity index is 1.33. The van der Waals surface area contributed by atoms with Gasteiger partial charge in [-0.05, 0) is 69.1 Å². The van der Waals surface area contributed by atoms with Crippen molar-refractivity contribution in [3.63, 3.8) is 0 Å². The van der Waals surface area contributed by atoms with Crippen LogP contribution in [0, 0.1) is 5.82 Å². The van der Waals surface area contributed by atoms with Crippen LogP contribution in [-0.2, 0) is 21.3 Å². The standard InChI is InChI=1S/C37H50F7N5O5Si/c1-33(2,3)53-32(52)49-16-15-27(23-49)45-31(51)46-29-14-11-25(21-28(29)38)30(50)48-19-17-47(18-20-48)22-24-9-12-26(13-10-24)35(36(39,40)41,37(42,43)44)54-55(7,8)34(4,5)6/h9-14,21,27H,15-20,22-23H2,1-8H3,(H2,45,46,51). The number of hydrogen-bond donors (Lipinski definition) is 2. The molecule has 4 rings (SSSR count). The molecule has 55 heavy (non-hydrogen) atoms. The van der Waals surface area contributed by atoms with Crippen molar-refractivity contribution in [1.29, 1.82) is 0 Å². The highest BCUT2D eigenvalue weighted by atomic mass is 28.4. The van der Waals surface area contributed by atoms with Gasteiger partial charge >= 0.3 is 24.5 Å². The quantitative estimate of drug-likeness (QED) is 0.206. The molecule has 0 saturated carbocycles. The van der Waals surface area contributed by atoms with Gasteiger partial charge in [-0.15, -0.1) is 0 Å². The zero-order valence-corrected chi connectivity index (χ0v) is 33.3. The Morgan fingerprint density at radius 3 is 1.91 bits per heavy atom. The summed E-state index contributed by atoms with van der Waals surface area (Å²) in [5.41, 5.74) is -5.85. The Morgan fingerprint density at radius 2 is 1.40 bits per heavy atom. The summed E-state index contributed by atoms with van der Waals surface area (Å²) >= 11 is 0. The van der Waals surface area contributed by atoms with Crippen LogP contribution in [0.2, 0.25) is 18.1 Å². The monoisotopic (exact) mass is 805 g/mol. The number of urea groups is 1. The first-order valence-electron chi connectivity index (χ1n) is 17.9. The number of hydrogen-bond acceptors (Lipinski definition) is 6. The molecule has 4 amide bonds. The molecule has 1 unspecified atom stereocenters. The average Bonchev–Trinajstić information content (AvgIpc) is 3.51. The number of alkyl halides is 6. The molecule has 306 valence electrons.